The number of sulfone groups is 1. The molecule has 0 aromatic rings. The van der Waals surface area contributed by atoms with E-state index in [0.717, 1.165) is 31.4 Å². The molecule has 1 atom stereocenters. The van der Waals surface area contributed by atoms with Crippen molar-refractivity contribution in [2.24, 2.45) is 11.0 Å². The molecule has 0 unspecified atom stereocenters. The molecular formula is C13H22N2O3S. The van der Waals surface area contributed by atoms with E-state index in [9.17, 15) is 13.2 Å². The van der Waals surface area contributed by atoms with Gasteiger partial charge in [-0.25, -0.2) is 13.8 Å². The Morgan fingerprint density at radius 1 is 1.21 bits per heavy atom. The third-order valence-electron chi connectivity index (χ3n) is 3.82. The van der Waals surface area contributed by atoms with E-state index >= 15 is 0 Å². The van der Waals surface area contributed by atoms with Crippen LogP contribution < -0.4 is 5.43 Å². The van der Waals surface area contributed by atoms with Gasteiger partial charge in [-0.15, -0.1) is 0 Å². The fraction of sp³-hybridized carbons (Fsp3) is 0.846. The second-order valence-electron chi connectivity index (χ2n) is 5.60. The molecule has 1 N–H and O–H groups in total. The molecule has 0 aromatic carbocycles. The number of hydrogen-bond acceptors (Lipinski definition) is 4. The monoisotopic (exact) mass is 286 g/mol. The first-order valence-electron chi connectivity index (χ1n) is 7.10. The van der Waals surface area contributed by atoms with Crippen LogP contribution in [0.4, 0.5) is 0 Å². The maximum atomic E-state index is 11.7. The zero-order chi connectivity index (χ0) is 13.7. The van der Waals surface area contributed by atoms with Gasteiger partial charge in [0.05, 0.1) is 11.5 Å². The van der Waals surface area contributed by atoms with Crippen LogP contribution in [0.1, 0.15) is 51.4 Å². The highest BCUT2D eigenvalue weighted by atomic mass is 32.2. The molecule has 2 rings (SSSR count). The van der Waals surface area contributed by atoms with Crippen molar-refractivity contribution in [2.75, 3.05) is 11.5 Å². The van der Waals surface area contributed by atoms with E-state index in [0.29, 0.717) is 6.42 Å². The van der Waals surface area contributed by atoms with Crippen LogP contribution in [0.2, 0.25) is 0 Å². The first kappa shape index (κ1) is 14.5. The predicted molar refractivity (Wildman–Crippen MR) is 74.7 cm³/mol. The first-order chi connectivity index (χ1) is 9.05. The van der Waals surface area contributed by atoms with E-state index in [-0.39, 0.29) is 29.8 Å². The van der Waals surface area contributed by atoms with Crippen LogP contribution in [-0.4, -0.2) is 31.5 Å². The predicted octanol–water partition coefficient (Wildman–Crippen LogP) is 1.64. The molecule has 108 valence electrons. The number of rotatable bonds is 3. The summed E-state index contributed by atoms with van der Waals surface area (Å²) in [6, 6.07) is 0. The van der Waals surface area contributed by atoms with Crippen molar-refractivity contribution in [1.29, 1.82) is 0 Å². The number of hydrogen-bond donors (Lipinski definition) is 1. The minimum atomic E-state index is -2.90. The van der Waals surface area contributed by atoms with Crippen LogP contribution in [0, 0.1) is 5.92 Å². The molecule has 0 spiro atoms. The quantitative estimate of drug-likeness (QED) is 0.633. The summed E-state index contributed by atoms with van der Waals surface area (Å²) in [5, 5.41) is 4.19. The van der Waals surface area contributed by atoms with E-state index in [2.05, 4.69) is 10.5 Å². The fourth-order valence-corrected chi connectivity index (χ4v) is 4.59. The van der Waals surface area contributed by atoms with Crippen LogP contribution in [0.5, 0.6) is 0 Å². The molecule has 0 radical (unpaired) electrons. The molecule has 1 amide bonds. The summed E-state index contributed by atoms with van der Waals surface area (Å²) in [6.07, 6.45) is 7.60. The van der Waals surface area contributed by atoms with Crippen LogP contribution in [0.25, 0.3) is 0 Å². The molecule has 1 aliphatic carbocycles. The van der Waals surface area contributed by atoms with Gasteiger partial charge in [0.15, 0.2) is 9.84 Å². The van der Waals surface area contributed by atoms with Gasteiger partial charge >= 0.3 is 0 Å². The number of carbonyl (C=O) groups excluding carboxylic acids is 1. The Morgan fingerprint density at radius 2 is 1.89 bits per heavy atom. The van der Waals surface area contributed by atoms with Crippen molar-refractivity contribution in [1.82, 2.24) is 5.43 Å². The average molecular weight is 286 g/mol. The van der Waals surface area contributed by atoms with Gasteiger partial charge in [-0.1, -0.05) is 12.8 Å². The smallest absolute Gasteiger partial charge is 0.240 e. The van der Waals surface area contributed by atoms with Gasteiger partial charge in [-0.3, -0.25) is 4.79 Å². The van der Waals surface area contributed by atoms with Crippen molar-refractivity contribution in [3.8, 4) is 0 Å². The highest BCUT2D eigenvalue weighted by molar-refractivity contribution is 7.91. The zero-order valence-electron chi connectivity index (χ0n) is 11.2. The Morgan fingerprint density at radius 3 is 2.47 bits per heavy atom. The van der Waals surface area contributed by atoms with Crippen LogP contribution in [0.3, 0.4) is 0 Å². The van der Waals surface area contributed by atoms with Gasteiger partial charge in [0, 0.05) is 12.1 Å². The van der Waals surface area contributed by atoms with Crippen LogP contribution >= 0.6 is 0 Å². The lowest BCUT2D eigenvalue weighted by atomic mass is 10.1. The minimum absolute atomic E-state index is 0.0284. The van der Waals surface area contributed by atoms with Gasteiger partial charge in [-0.05, 0) is 38.0 Å². The third kappa shape index (κ3) is 4.93. The highest BCUT2D eigenvalue weighted by Crippen LogP contribution is 2.21. The maximum Gasteiger partial charge on any atom is 0.240 e. The van der Waals surface area contributed by atoms with E-state index in [4.69, 9.17) is 0 Å². The largest absolute Gasteiger partial charge is 0.273 e. The van der Waals surface area contributed by atoms with E-state index in [1.807, 2.05) is 0 Å². The molecular weight excluding hydrogens is 264 g/mol. The van der Waals surface area contributed by atoms with Crippen LogP contribution in [0.15, 0.2) is 5.10 Å². The summed E-state index contributed by atoms with van der Waals surface area (Å²) in [7, 11) is -2.90. The fourth-order valence-electron chi connectivity index (χ4n) is 2.73. The third-order valence-corrected chi connectivity index (χ3v) is 5.66. The van der Waals surface area contributed by atoms with Gasteiger partial charge in [0.1, 0.15) is 0 Å². The molecule has 5 nitrogen and oxygen atoms in total. The van der Waals surface area contributed by atoms with Gasteiger partial charge < -0.3 is 0 Å². The van der Waals surface area contributed by atoms with Crippen molar-refractivity contribution in [3.05, 3.63) is 0 Å². The van der Waals surface area contributed by atoms with E-state index < -0.39 is 9.84 Å². The van der Waals surface area contributed by atoms with E-state index in [1.165, 1.54) is 12.8 Å². The van der Waals surface area contributed by atoms with Crippen molar-refractivity contribution in [2.45, 2.75) is 51.4 Å². The number of nitrogens with zero attached hydrogens (tertiary/aromatic N) is 1. The van der Waals surface area contributed by atoms with Gasteiger partial charge in [-0.2, -0.15) is 5.10 Å². The second-order valence-corrected chi connectivity index (χ2v) is 7.83. The summed E-state index contributed by atoms with van der Waals surface area (Å²) < 4.78 is 22.6. The highest BCUT2D eigenvalue weighted by Gasteiger charge is 2.29. The number of amides is 1. The minimum Gasteiger partial charge on any atom is -0.273 e. The molecule has 19 heavy (non-hydrogen) atoms. The normalized spacial score (nSPS) is 26.7. The number of carbonyl (C=O) groups is 1. The number of nitrogens with one attached hydrogen (secondary N) is 1. The Balaban J connectivity index is 1.76. The SMILES string of the molecule is O=C(C[C@H]1CCS(=O)(=O)C1)NN=C1CCCCCC1. The summed E-state index contributed by atoms with van der Waals surface area (Å²) in [5.41, 5.74) is 3.66. The average Bonchev–Trinajstić information content (AvgIpc) is 2.57. The molecule has 1 aliphatic heterocycles. The standard InChI is InChI=1S/C13H22N2O3S/c16-13(9-11-7-8-19(17,18)10-11)15-14-12-5-3-1-2-4-6-12/h11H,1-10H2,(H,15,16)/t11-/m1/s1. The summed E-state index contributed by atoms with van der Waals surface area (Å²) in [5.74, 6) is 0.189. The molecule has 6 heteroatoms. The maximum absolute atomic E-state index is 11.7. The molecule has 0 aromatic heterocycles. The van der Waals surface area contributed by atoms with Gasteiger partial charge in [0.2, 0.25) is 5.91 Å². The summed E-state index contributed by atoms with van der Waals surface area (Å²) >= 11 is 0. The number of hydrazone groups is 1. The van der Waals surface area contributed by atoms with Gasteiger partial charge in [0.25, 0.3) is 0 Å². The lowest BCUT2D eigenvalue weighted by molar-refractivity contribution is -0.121. The molecule has 1 saturated carbocycles. The molecule has 0 bridgehead atoms. The Labute approximate surface area is 114 Å². The van der Waals surface area contributed by atoms with Crippen molar-refractivity contribution >= 4 is 21.5 Å². The van der Waals surface area contributed by atoms with Crippen molar-refractivity contribution in [3.63, 3.8) is 0 Å². The Kier molecular flexibility index (Phi) is 4.96. The Bertz CT molecular complexity index is 447. The first-order valence-corrected chi connectivity index (χ1v) is 8.92. The lowest BCUT2D eigenvalue weighted by Gasteiger charge is -2.07. The topological polar surface area (TPSA) is 75.6 Å². The molecule has 2 fully saturated rings. The molecule has 2 aliphatic rings. The summed E-state index contributed by atoms with van der Waals surface area (Å²) in [4.78, 5) is 11.7. The zero-order valence-corrected chi connectivity index (χ0v) is 12.0. The Hall–Kier alpha value is -0.910. The van der Waals surface area contributed by atoms with Crippen molar-refractivity contribution < 1.29 is 13.2 Å². The molecule has 1 saturated heterocycles. The lowest BCUT2D eigenvalue weighted by Crippen LogP contribution is -2.23. The second kappa shape index (κ2) is 6.50. The van der Waals surface area contributed by atoms with Crippen LogP contribution in [-0.2, 0) is 14.6 Å². The van der Waals surface area contributed by atoms with E-state index in [1.54, 1.807) is 0 Å². The molecule has 1 heterocycles. The summed E-state index contributed by atoms with van der Waals surface area (Å²) in [6.45, 7) is 0.